The summed E-state index contributed by atoms with van der Waals surface area (Å²) in [5.74, 6) is -0.811. The molecule has 0 saturated heterocycles. The summed E-state index contributed by atoms with van der Waals surface area (Å²) in [6.07, 6.45) is 1.35. The van der Waals surface area contributed by atoms with E-state index in [-0.39, 0.29) is 22.8 Å². The third-order valence-electron chi connectivity index (χ3n) is 2.84. The molecule has 0 aliphatic heterocycles. The topological polar surface area (TPSA) is 98.5 Å². The average Bonchev–Trinajstić information content (AvgIpc) is 2.60. The first kappa shape index (κ1) is 16.0. The van der Waals surface area contributed by atoms with Gasteiger partial charge in [0.05, 0.1) is 30.9 Å². The van der Waals surface area contributed by atoms with Crippen LogP contribution < -0.4 is 4.74 Å². The highest BCUT2D eigenvalue weighted by molar-refractivity contribution is 5.96. The van der Waals surface area contributed by atoms with Gasteiger partial charge in [-0.05, 0) is 24.3 Å². The van der Waals surface area contributed by atoms with E-state index in [1.807, 2.05) is 6.07 Å². The third kappa shape index (κ3) is 3.83. The van der Waals surface area contributed by atoms with Crippen molar-refractivity contribution >= 4 is 11.9 Å². The quantitative estimate of drug-likeness (QED) is 0.799. The van der Waals surface area contributed by atoms with E-state index >= 15 is 0 Å². The highest BCUT2D eigenvalue weighted by atomic mass is 16.5. The molecule has 0 atom stereocenters. The molecule has 0 unspecified atom stereocenters. The molecule has 2 aromatic rings. The summed E-state index contributed by atoms with van der Waals surface area (Å²) >= 11 is 0. The van der Waals surface area contributed by atoms with Gasteiger partial charge in [-0.2, -0.15) is 5.26 Å². The molecule has 0 amide bonds. The molecular weight excluding hydrogens is 300 g/mol. The number of aromatic nitrogens is 1. The fraction of sp³-hybridized carbons (Fsp3) is 0.125. The number of nitrogens with zero attached hydrogens (tertiary/aromatic N) is 2. The number of esters is 2. The Morgan fingerprint density at radius 3 is 2.09 bits per heavy atom. The van der Waals surface area contributed by atoms with Gasteiger partial charge in [-0.1, -0.05) is 0 Å². The maximum Gasteiger partial charge on any atom is 0.338 e. The zero-order valence-corrected chi connectivity index (χ0v) is 12.4. The summed E-state index contributed by atoms with van der Waals surface area (Å²) < 4.78 is 14.8. The molecule has 7 heteroatoms. The second-order valence-electron chi connectivity index (χ2n) is 4.33. The second kappa shape index (κ2) is 7.04. The molecule has 0 radical (unpaired) electrons. The van der Waals surface area contributed by atoms with Crippen molar-refractivity contribution < 1.29 is 23.8 Å². The number of hydrogen-bond donors (Lipinski definition) is 0. The highest BCUT2D eigenvalue weighted by Gasteiger charge is 2.15. The zero-order valence-electron chi connectivity index (χ0n) is 12.4. The number of rotatable bonds is 4. The fourth-order valence-corrected chi connectivity index (χ4v) is 1.76. The lowest BCUT2D eigenvalue weighted by Gasteiger charge is -2.09. The smallest absolute Gasteiger partial charge is 0.338 e. The lowest BCUT2D eigenvalue weighted by Crippen LogP contribution is -2.07. The summed E-state index contributed by atoms with van der Waals surface area (Å²) in [5.41, 5.74) is 0.661. The first-order valence-corrected chi connectivity index (χ1v) is 6.43. The van der Waals surface area contributed by atoms with Crippen LogP contribution in [0.3, 0.4) is 0 Å². The fourth-order valence-electron chi connectivity index (χ4n) is 1.76. The lowest BCUT2D eigenvalue weighted by atomic mass is 10.1. The van der Waals surface area contributed by atoms with Crippen LogP contribution in [0.25, 0.3) is 0 Å². The zero-order chi connectivity index (χ0) is 16.8. The predicted octanol–water partition coefficient (Wildman–Crippen LogP) is 2.32. The van der Waals surface area contributed by atoms with Gasteiger partial charge < -0.3 is 14.2 Å². The Bertz CT molecular complexity index is 744. The summed E-state index contributed by atoms with van der Waals surface area (Å²) in [7, 11) is 2.46. The van der Waals surface area contributed by atoms with Crippen molar-refractivity contribution in [2.24, 2.45) is 0 Å². The van der Waals surface area contributed by atoms with Gasteiger partial charge in [0.25, 0.3) is 0 Å². The van der Waals surface area contributed by atoms with E-state index < -0.39 is 11.9 Å². The van der Waals surface area contributed by atoms with E-state index in [4.69, 9.17) is 10.00 Å². The Morgan fingerprint density at radius 1 is 1.04 bits per heavy atom. The number of carbonyl (C=O) groups excluding carboxylic acids is 2. The number of hydrogen-bond acceptors (Lipinski definition) is 7. The van der Waals surface area contributed by atoms with Crippen molar-refractivity contribution in [2.75, 3.05) is 14.2 Å². The third-order valence-corrected chi connectivity index (χ3v) is 2.84. The molecule has 1 heterocycles. The number of ether oxygens (including phenoxy) is 3. The molecule has 0 aliphatic carbocycles. The van der Waals surface area contributed by atoms with Crippen molar-refractivity contribution in [3.63, 3.8) is 0 Å². The van der Waals surface area contributed by atoms with E-state index in [0.717, 1.165) is 0 Å². The lowest BCUT2D eigenvalue weighted by molar-refractivity contribution is 0.0598. The molecule has 7 nitrogen and oxygen atoms in total. The molecular formula is C16H12N2O5. The highest BCUT2D eigenvalue weighted by Crippen LogP contribution is 2.23. The summed E-state index contributed by atoms with van der Waals surface area (Å²) in [6, 6.07) is 9.15. The molecule has 0 N–H and O–H groups in total. The average molecular weight is 312 g/mol. The summed E-state index contributed by atoms with van der Waals surface area (Å²) in [4.78, 5) is 27.3. The van der Waals surface area contributed by atoms with Gasteiger partial charge in [0.1, 0.15) is 11.8 Å². The molecule has 0 bridgehead atoms. The Hall–Kier alpha value is -3.40. The molecule has 0 saturated carbocycles. The van der Waals surface area contributed by atoms with Crippen LogP contribution in [0.2, 0.25) is 0 Å². The molecule has 23 heavy (non-hydrogen) atoms. The Kier molecular flexibility index (Phi) is 4.89. The first-order chi connectivity index (χ1) is 11.1. The van der Waals surface area contributed by atoms with Crippen LogP contribution in [0, 0.1) is 11.3 Å². The van der Waals surface area contributed by atoms with Crippen LogP contribution in [0.4, 0.5) is 0 Å². The molecule has 0 spiro atoms. The number of carbonyl (C=O) groups is 2. The molecule has 1 aromatic carbocycles. The Balaban J connectivity index is 2.37. The van der Waals surface area contributed by atoms with Crippen molar-refractivity contribution in [1.29, 1.82) is 5.26 Å². The minimum absolute atomic E-state index is 0.138. The molecule has 0 fully saturated rings. The first-order valence-electron chi connectivity index (χ1n) is 6.43. The largest absolute Gasteiger partial charge is 0.465 e. The van der Waals surface area contributed by atoms with E-state index in [1.165, 1.54) is 50.7 Å². The van der Waals surface area contributed by atoms with Gasteiger partial charge >= 0.3 is 11.9 Å². The minimum atomic E-state index is -0.617. The van der Waals surface area contributed by atoms with Crippen LogP contribution in [-0.2, 0) is 9.47 Å². The summed E-state index contributed by atoms with van der Waals surface area (Å²) in [6.45, 7) is 0. The van der Waals surface area contributed by atoms with Crippen LogP contribution in [0.1, 0.15) is 26.3 Å². The van der Waals surface area contributed by atoms with Gasteiger partial charge in [0.15, 0.2) is 0 Å². The Morgan fingerprint density at radius 2 is 1.65 bits per heavy atom. The minimum Gasteiger partial charge on any atom is -0.465 e. The van der Waals surface area contributed by atoms with Crippen LogP contribution >= 0.6 is 0 Å². The van der Waals surface area contributed by atoms with Crippen molar-refractivity contribution in [1.82, 2.24) is 4.98 Å². The second-order valence-corrected chi connectivity index (χ2v) is 4.33. The predicted molar refractivity (Wildman–Crippen MR) is 78.1 cm³/mol. The van der Waals surface area contributed by atoms with E-state index in [2.05, 4.69) is 14.5 Å². The molecule has 2 rings (SSSR count). The summed E-state index contributed by atoms with van der Waals surface area (Å²) in [5, 5.41) is 8.73. The number of methoxy groups -OCH3 is 2. The maximum atomic E-state index is 11.7. The molecule has 1 aromatic heterocycles. The van der Waals surface area contributed by atoms with Crippen molar-refractivity contribution in [2.45, 2.75) is 0 Å². The van der Waals surface area contributed by atoms with Gasteiger partial charge in [-0.3, -0.25) is 0 Å². The van der Waals surface area contributed by atoms with Crippen molar-refractivity contribution in [3.8, 4) is 17.7 Å². The number of benzene rings is 1. The number of nitriles is 1. The van der Waals surface area contributed by atoms with Crippen LogP contribution in [0.5, 0.6) is 11.6 Å². The monoisotopic (exact) mass is 312 g/mol. The number of pyridine rings is 1. The van der Waals surface area contributed by atoms with Crippen LogP contribution in [-0.4, -0.2) is 31.1 Å². The van der Waals surface area contributed by atoms with E-state index in [9.17, 15) is 9.59 Å². The SMILES string of the molecule is COC(=O)c1cc(Oc2ccc(C#N)cn2)cc(C(=O)OC)c1. The van der Waals surface area contributed by atoms with Crippen LogP contribution in [0.15, 0.2) is 36.5 Å². The van der Waals surface area contributed by atoms with Gasteiger partial charge in [-0.25, -0.2) is 14.6 Å². The Labute approximate surface area is 132 Å². The van der Waals surface area contributed by atoms with Gasteiger partial charge in [0, 0.05) is 12.3 Å². The van der Waals surface area contributed by atoms with Crippen molar-refractivity contribution in [3.05, 3.63) is 53.2 Å². The van der Waals surface area contributed by atoms with Gasteiger partial charge in [0.2, 0.25) is 5.88 Å². The standard InChI is InChI=1S/C16H12N2O5/c1-21-15(19)11-5-12(16(20)22-2)7-13(6-11)23-14-4-3-10(8-17)9-18-14/h3-7,9H,1-2H3. The molecule has 116 valence electrons. The van der Waals surface area contributed by atoms with E-state index in [1.54, 1.807) is 0 Å². The molecule has 0 aliphatic rings. The van der Waals surface area contributed by atoms with E-state index in [0.29, 0.717) is 5.56 Å². The maximum absolute atomic E-state index is 11.7. The van der Waals surface area contributed by atoms with Gasteiger partial charge in [-0.15, -0.1) is 0 Å². The normalized spacial score (nSPS) is 9.61.